The van der Waals surface area contributed by atoms with Crippen molar-refractivity contribution in [2.24, 2.45) is 11.5 Å². The number of carbonyl (C=O) groups excluding carboxylic acids is 5. The molecular weight excluding hydrogens is 705 g/mol. The van der Waals surface area contributed by atoms with E-state index in [-0.39, 0.29) is 32.2 Å². The summed E-state index contributed by atoms with van der Waals surface area (Å²) in [7, 11) is 0. The number of nitrogens with one attached hydrogen (secondary N) is 6. The van der Waals surface area contributed by atoms with Crippen LogP contribution in [-0.4, -0.2) is 77.8 Å². The van der Waals surface area contributed by atoms with Crippen LogP contribution in [0.4, 0.5) is 0 Å². The Labute approximate surface area is 317 Å². The first-order valence-corrected chi connectivity index (χ1v) is 19.0. The van der Waals surface area contributed by atoms with Crippen LogP contribution in [0.15, 0.2) is 90.4 Å². The van der Waals surface area contributed by atoms with Crippen molar-refractivity contribution in [3.8, 4) is 0 Å². The van der Waals surface area contributed by atoms with Crippen LogP contribution < -0.4 is 38.1 Å². The second kappa shape index (κ2) is 17.5. The zero-order valence-corrected chi connectivity index (χ0v) is 30.7. The molecule has 5 aromatic rings. The number of primary amides is 1. The lowest BCUT2D eigenvalue weighted by Crippen LogP contribution is -2.65. The molecule has 1 fully saturated rings. The number of para-hydroxylation sites is 1. The van der Waals surface area contributed by atoms with E-state index in [4.69, 9.17) is 11.5 Å². The molecule has 0 spiro atoms. The van der Waals surface area contributed by atoms with E-state index < -0.39 is 53.2 Å². The monoisotopic (exact) mass is 750 g/mol. The summed E-state index contributed by atoms with van der Waals surface area (Å²) in [6.45, 7) is 1.08. The lowest BCUT2D eigenvalue weighted by Gasteiger charge is -2.36. The predicted octanol–water partition coefficient (Wildman–Crippen LogP) is 1.94. The Bertz CT molecular complexity index is 2110. The van der Waals surface area contributed by atoms with Crippen LogP contribution in [0, 0.1) is 0 Å². The number of carbonyl (C=O) groups is 5. The van der Waals surface area contributed by atoms with E-state index >= 15 is 0 Å². The largest absolute Gasteiger partial charge is 0.368 e. The normalized spacial score (nSPS) is 15.5. The van der Waals surface area contributed by atoms with Crippen LogP contribution in [0.5, 0.6) is 0 Å². The summed E-state index contributed by atoms with van der Waals surface area (Å²) in [5, 5.41) is 18.5. The number of aromatic nitrogens is 1. The number of hydrogen-bond donors (Lipinski definition) is 8. The van der Waals surface area contributed by atoms with Crippen molar-refractivity contribution >= 4 is 61.9 Å². The van der Waals surface area contributed by atoms with Crippen LogP contribution in [0.2, 0.25) is 0 Å². The van der Waals surface area contributed by atoms with E-state index in [9.17, 15) is 24.0 Å². The topological polar surface area (TPSA) is 213 Å². The van der Waals surface area contributed by atoms with Gasteiger partial charge in [0.1, 0.15) is 23.7 Å². The lowest BCUT2D eigenvalue weighted by molar-refractivity contribution is -0.136. The zero-order chi connectivity index (χ0) is 38.1. The van der Waals surface area contributed by atoms with Gasteiger partial charge in [-0.15, -0.1) is 11.3 Å². The summed E-state index contributed by atoms with van der Waals surface area (Å²) >= 11 is 1.54. The molecule has 0 bridgehead atoms. The minimum Gasteiger partial charge on any atom is -0.368 e. The maximum atomic E-state index is 14.5. The number of benzene rings is 3. The van der Waals surface area contributed by atoms with Crippen LogP contribution in [-0.2, 0) is 43.2 Å². The van der Waals surface area contributed by atoms with Gasteiger partial charge in [0.2, 0.25) is 29.5 Å². The van der Waals surface area contributed by atoms with Crippen molar-refractivity contribution < 1.29 is 24.0 Å². The van der Waals surface area contributed by atoms with Gasteiger partial charge in [-0.25, -0.2) is 0 Å². The molecule has 0 unspecified atom stereocenters. The molecule has 3 heterocycles. The third-order valence-corrected chi connectivity index (χ3v) is 11.0. The summed E-state index contributed by atoms with van der Waals surface area (Å²) in [6, 6.07) is 21.3. The van der Waals surface area contributed by atoms with Crippen LogP contribution in [0.3, 0.4) is 0 Å². The van der Waals surface area contributed by atoms with Gasteiger partial charge in [0.15, 0.2) is 0 Å². The molecule has 1 saturated heterocycles. The number of H-pyrrole nitrogens is 1. The van der Waals surface area contributed by atoms with Gasteiger partial charge in [0.25, 0.3) is 0 Å². The number of fused-ring (bicyclic) bond motifs is 2. The molecule has 0 aliphatic carbocycles. The quantitative estimate of drug-likeness (QED) is 0.0750. The third-order valence-electron chi connectivity index (χ3n) is 9.95. The summed E-state index contributed by atoms with van der Waals surface area (Å²) in [5.74, 6) is -2.79. The first kappa shape index (κ1) is 38.2. The molecule has 1 aliphatic rings. The molecule has 13 nitrogen and oxygen atoms in total. The highest BCUT2D eigenvalue weighted by molar-refractivity contribution is 7.17. The van der Waals surface area contributed by atoms with Crippen LogP contribution >= 0.6 is 11.3 Å². The second-order valence-electron chi connectivity index (χ2n) is 13.7. The molecular formula is C40H46N8O5S. The Hall–Kier alpha value is -5.57. The predicted molar refractivity (Wildman–Crippen MR) is 209 cm³/mol. The van der Waals surface area contributed by atoms with Crippen molar-refractivity contribution in [1.29, 1.82) is 0 Å². The molecule has 10 N–H and O–H groups in total. The molecule has 3 aromatic carbocycles. The molecule has 2 aromatic heterocycles. The minimum absolute atomic E-state index is 0.0204. The Morgan fingerprint density at radius 2 is 1.33 bits per heavy atom. The van der Waals surface area contributed by atoms with Gasteiger partial charge in [-0.3, -0.25) is 24.0 Å². The molecule has 282 valence electrons. The van der Waals surface area contributed by atoms with Crippen LogP contribution in [0.1, 0.15) is 36.0 Å². The van der Waals surface area contributed by atoms with Crippen molar-refractivity contribution in [1.82, 2.24) is 31.6 Å². The fourth-order valence-corrected chi connectivity index (χ4v) is 7.94. The highest BCUT2D eigenvalue weighted by atomic mass is 32.1. The Balaban J connectivity index is 1.30. The molecule has 0 saturated carbocycles. The summed E-state index contributed by atoms with van der Waals surface area (Å²) < 4.78 is 1.04. The van der Waals surface area contributed by atoms with E-state index in [1.807, 2.05) is 84.2 Å². The second-order valence-corrected chi connectivity index (χ2v) is 14.6. The van der Waals surface area contributed by atoms with Gasteiger partial charge in [-0.1, -0.05) is 66.7 Å². The molecule has 3 atom stereocenters. The number of rotatable bonds is 16. The van der Waals surface area contributed by atoms with E-state index in [2.05, 4.69) is 31.6 Å². The smallest absolute Gasteiger partial charge is 0.243 e. The highest BCUT2D eigenvalue weighted by Crippen LogP contribution is 2.27. The Kier molecular flexibility index (Phi) is 12.4. The first-order valence-electron chi connectivity index (χ1n) is 18.1. The number of hydrogen-bond acceptors (Lipinski definition) is 8. The van der Waals surface area contributed by atoms with Gasteiger partial charge in [0.05, 0.1) is 0 Å². The van der Waals surface area contributed by atoms with Crippen molar-refractivity contribution in [3.63, 3.8) is 0 Å². The number of aromatic amines is 1. The Morgan fingerprint density at radius 1 is 0.722 bits per heavy atom. The maximum absolute atomic E-state index is 14.5. The summed E-state index contributed by atoms with van der Waals surface area (Å²) in [5.41, 5.74) is 13.5. The number of piperidine rings is 1. The SMILES string of the molecule is NCCC(=O)N[C@H](Cc1csc2ccccc12)C(=O)N[C@H](Cc1c[nH]c2ccccc12)C(=O)N[C@@H](Cc1ccccc1)C(=O)NC1(C(N)=O)CCNCC1. The average Bonchev–Trinajstić information content (AvgIpc) is 3.78. The standard InChI is InChI=1S/C40H46N8O5S/c41-17-14-35(49)45-32(22-27-24-54-34-13-7-5-11-29(27)34)36(50)47-33(21-26-23-44-30-12-6-4-10-28(26)30)37(51)46-31(20-25-8-2-1-3-9-25)38(52)48-40(39(42)53)15-18-43-19-16-40/h1-13,23-24,31-33,43-44H,14-22,41H2,(H2,42,53)(H,45,49)(H,46,51)(H,47,50)(H,48,52)/t31-,32+,33+/m0/s1. The van der Waals surface area contributed by atoms with Crippen molar-refractivity contribution in [2.45, 2.75) is 62.2 Å². The molecule has 14 heteroatoms. The van der Waals surface area contributed by atoms with E-state index in [1.165, 1.54) is 0 Å². The minimum atomic E-state index is -1.28. The molecule has 0 radical (unpaired) electrons. The number of thiophene rings is 1. The zero-order valence-electron chi connectivity index (χ0n) is 29.9. The summed E-state index contributed by atoms with van der Waals surface area (Å²) in [6.07, 6.45) is 2.78. The van der Waals surface area contributed by atoms with Gasteiger partial charge >= 0.3 is 0 Å². The average molecular weight is 751 g/mol. The van der Waals surface area contributed by atoms with Gasteiger partial charge in [-0.2, -0.15) is 0 Å². The van der Waals surface area contributed by atoms with E-state index in [0.717, 1.165) is 37.7 Å². The Morgan fingerprint density at radius 3 is 2.04 bits per heavy atom. The molecule has 1 aliphatic heterocycles. The third kappa shape index (κ3) is 9.13. The molecule has 54 heavy (non-hydrogen) atoms. The fraction of sp³-hybridized carbons (Fsp3) is 0.325. The van der Waals surface area contributed by atoms with E-state index in [0.29, 0.717) is 25.9 Å². The van der Waals surface area contributed by atoms with Crippen LogP contribution in [0.25, 0.3) is 21.0 Å². The van der Waals surface area contributed by atoms with Gasteiger partial charge < -0.3 is 43.0 Å². The van der Waals surface area contributed by atoms with E-state index in [1.54, 1.807) is 17.5 Å². The maximum Gasteiger partial charge on any atom is 0.243 e. The number of amides is 5. The summed E-state index contributed by atoms with van der Waals surface area (Å²) in [4.78, 5) is 71.6. The van der Waals surface area contributed by atoms with Gasteiger partial charge in [0, 0.05) is 54.0 Å². The molecule has 5 amide bonds. The number of nitrogens with two attached hydrogens (primary N) is 2. The van der Waals surface area contributed by atoms with Crippen molar-refractivity contribution in [2.75, 3.05) is 19.6 Å². The highest BCUT2D eigenvalue weighted by Gasteiger charge is 2.41. The first-order chi connectivity index (χ1) is 26.2. The molecule has 6 rings (SSSR count). The van der Waals surface area contributed by atoms with Crippen molar-refractivity contribution in [3.05, 3.63) is 107 Å². The fourth-order valence-electron chi connectivity index (χ4n) is 6.96. The lowest BCUT2D eigenvalue weighted by atomic mass is 9.87. The van der Waals surface area contributed by atoms with Gasteiger partial charge in [-0.05, 0) is 65.5 Å².